The molecule has 0 aromatic carbocycles. The van der Waals surface area contributed by atoms with Gasteiger partial charge in [-0.3, -0.25) is 0 Å². The minimum atomic E-state index is 0.975. The summed E-state index contributed by atoms with van der Waals surface area (Å²) in [7, 11) is 1.74. The van der Waals surface area contributed by atoms with Crippen LogP contribution in [0.3, 0.4) is 0 Å². The molecule has 0 aromatic rings. The predicted molar refractivity (Wildman–Crippen MR) is 87.1 cm³/mol. The Kier molecular flexibility index (Phi) is 10.9. The Hall–Kier alpha value is -1.24. The SMILES string of the molecule is CC.CC.CC#CC1=CC=C(N2CCN(OC)CC2)C1. The van der Waals surface area contributed by atoms with Gasteiger partial charge in [-0.15, -0.1) is 5.92 Å². The molecule has 3 heteroatoms. The first-order valence-corrected chi connectivity index (χ1v) is 7.70. The predicted octanol–water partition coefficient (Wildman–Crippen LogP) is 3.46. The summed E-state index contributed by atoms with van der Waals surface area (Å²) in [6.45, 7) is 13.9. The third kappa shape index (κ3) is 5.81. The zero-order valence-electron chi connectivity index (χ0n) is 14.0. The summed E-state index contributed by atoms with van der Waals surface area (Å²) in [5.74, 6) is 6.08. The van der Waals surface area contributed by atoms with Gasteiger partial charge >= 0.3 is 0 Å². The van der Waals surface area contributed by atoms with Crippen LogP contribution in [0.1, 0.15) is 41.0 Å². The van der Waals surface area contributed by atoms with E-state index in [1.807, 2.05) is 39.7 Å². The first kappa shape index (κ1) is 18.8. The summed E-state index contributed by atoms with van der Waals surface area (Å²) in [6.07, 6.45) is 5.32. The molecule has 0 radical (unpaired) electrons. The molecule has 1 saturated heterocycles. The van der Waals surface area contributed by atoms with Gasteiger partial charge < -0.3 is 9.74 Å². The van der Waals surface area contributed by atoms with Crippen LogP contribution in [0.25, 0.3) is 0 Å². The van der Waals surface area contributed by atoms with E-state index in [4.69, 9.17) is 4.84 Å². The van der Waals surface area contributed by atoms with Crippen LogP contribution < -0.4 is 0 Å². The van der Waals surface area contributed by atoms with Crippen LogP contribution >= 0.6 is 0 Å². The van der Waals surface area contributed by atoms with Crippen molar-refractivity contribution in [3.63, 3.8) is 0 Å². The highest BCUT2D eigenvalue weighted by Gasteiger charge is 2.20. The molecule has 114 valence electrons. The number of hydroxylamine groups is 2. The van der Waals surface area contributed by atoms with Crippen molar-refractivity contribution in [1.29, 1.82) is 0 Å². The summed E-state index contributed by atoms with van der Waals surface area (Å²) in [6, 6.07) is 0. The zero-order chi connectivity index (χ0) is 15.4. The summed E-state index contributed by atoms with van der Waals surface area (Å²) in [4.78, 5) is 7.64. The van der Waals surface area contributed by atoms with E-state index in [1.54, 1.807) is 7.11 Å². The maximum absolute atomic E-state index is 5.21. The molecule has 0 aromatic heterocycles. The van der Waals surface area contributed by atoms with Gasteiger partial charge in [-0.2, -0.15) is 5.06 Å². The first-order chi connectivity index (χ1) is 9.83. The Morgan fingerprint density at radius 1 is 1.00 bits per heavy atom. The van der Waals surface area contributed by atoms with Crippen molar-refractivity contribution in [3.8, 4) is 11.8 Å². The van der Waals surface area contributed by atoms with Crippen LogP contribution in [-0.2, 0) is 4.84 Å². The number of hydrogen-bond acceptors (Lipinski definition) is 3. The van der Waals surface area contributed by atoms with Gasteiger partial charge in [0.1, 0.15) is 0 Å². The molecule has 20 heavy (non-hydrogen) atoms. The molecule has 3 nitrogen and oxygen atoms in total. The molecule has 2 aliphatic rings. The largest absolute Gasteiger partial charge is 0.372 e. The van der Waals surface area contributed by atoms with Crippen LogP contribution in [-0.4, -0.2) is 43.3 Å². The highest BCUT2D eigenvalue weighted by atomic mass is 16.7. The Bertz CT molecular complexity index is 366. The van der Waals surface area contributed by atoms with E-state index in [2.05, 4.69) is 28.9 Å². The molecule has 1 heterocycles. The topological polar surface area (TPSA) is 15.7 Å². The number of allylic oxidation sites excluding steroid dienone is 3. The number of piperazine rings is 1. The van der Waals surface area contributed by atoms with Gasteiger partial charge in [-0.25, -0.2) is 0 Å². The van der Waals surface area contributed by atoms with E-state index >= 15 is 0 Å². The summed E-state index contributed by atoms with van der Waals surface area (Å²) in [5.41, 5.74) is 2.63. The average molecular weight is 278 g/mol. The van der Waals surface area contributed by atoms with E-state index in [9.17, 15) is 0 Å². The molecule has 1 aliphatic carbocycles. The lowest BCUT2D eigenvalue weighted by Gasteiger charge is -2.35. The Morgan fingerprint density at radius 2 is 1.60 bits per heavy atom. The number of nitrogens with zero attached hydrogens (tertiary/aromatic N) is 2. The Balaban J connectivity index is 0.000000829. The van der Waals surface area contributed by atoms with Crippen molar-refractivity contribution in [2.24, 2.45) is 0 Å². The molecule has 0 amide bonds. The lowest BCUT2D eigenvalue weighted by Crippen LogP contribution is -2.44. The number of rotatable bonds is 2. The van der Waals surface area contributed by atoms with Gasteiger partial charge in [-0.1, -0.05) is 33.6 Å². The van der Waals surface area contributed by atoms with Crippen molar-refractivity contribution >= 4 is 0 Å². The van der Waals surface area contributed by atoms with Gasteiger partial charge in [0.15, 0.2) is 0 Å². The van der Waals surface area contributed by atoms with Crippen LogP contribution in [0.15, 0.2) is 23.4 Å². The Labute approximate surface area is 125 Å². The van der Waals surface area contributed by atoms with Crippen molar-refractivity contribution in [2.45, 2.75) is 41.0 Å². The summed E-state index contributed by atoms with van der Waals surface area (Å²) in [5, 5.41) is 2.01. The number of hydrogen-bond donors (Lipinski definition) is 0. The minimum Gasteiger partial charge on any atom is -0.372 e. The van der Waals surface area contributed by atoms with E-state index in [1.165, 1.54) is 11.3 Å². The van der Waals surface area contributed by atoms with Crippen LogP contribution in [0, 0.1) is 11.8 Å². The fraction of sp³-hybridized carbons (Fsp3) is 0.647. The molecule has 2 rings (SSSR count). The summed E-state index contributed by atoms with van der Waals surface area (Å²) < 4.78 is 0. The second-order valence-corrected chi connectivity index (χ2v) is 4.00. The molecule has 0 atom stereocenters. The highest BCUT2D eigenvalue weighted by Crippen LogP contribution is 2.22. The fourth-order valence-corrected chi connectivity index (χ4v) is 2.13. The van der Waals surface area contributed by atoms with E-state index in [-0.39, 0.29) is 0 Å². The maximum atomic E-state index is 5.21. The van der Waals surface area contributed by atoms with Crippen LogP contribution in [0.5, 0.6) is 0 Å². The third-order valence-electron chi connectivity index (χ3n) is 3.04. The normalized spacial score (nSPS) is 17.6. The highest BCUT2D eigenvalue weighted by molar-refractivity contribution is 5.41. The Morgan fingerprint density at radius 3 is 2.10 bits per heavy atom. The summed E-state index contributed by atoms with van der Waals surface area (Å²) >= 11 is 0. The van der Waals surface area contributed by atoms with E-state index in [0.29, 0.717) is 0 Å². The zero-order valence-corrected chi connectivity index (χ0v) is 14.0. The molecule has 0 unspecified atom stereocenters. The molecular formula is C17H30N2O. The lowest BCUT2D eigenvalue weighted by molar-refractivity contribution is -0.148. The van der Waals surface area contributed by atoms with Gasteiger partial charge in [0.2, 0.25) is 0 Å². The average Bonchev–Trinajstić information content (AvgIpc) is 3.00. The van der Waals surface area contributed by atoms with Crippen molar-refractivity contribution in [3.05, 3.63) is 23.4 Å². The molecule has 0 spiro atoms. The molecule has 0 N–H and O–H groups in total. The van der Waals surface area contributed by atoms with Crippen LogP contribution in [0.4, 0.5) is 0 Å². The maximum Gasteiger partial charge on any atom is 0.0575 e. The van der Waals surface area contributed by atoms with E-state index < -0.39 is 0 Å². The molecular weight excluding hydrogens is 248 g/mol. The van der Waals surface area contributed by atoms with Crippen molar-refractivity contribution in [1.82, 2.24) is 9.96 Å². The smallest absolute Gasteiger partial charge is 0.0575 e. The third-order valence-corrected chi connectivity index (χ3v) is 3.04. The minimum absolute atomic E-state index is 0.975. The van der Waals surface area contributed by atoms with Crippen molar-refractivity contribution < 1.29 is 4.84 Å². The lowest BCUT2D eigenvalue weighted by atomic mass is 10.2. The van der Waals surface area contributed by atoms with Crippen LogP contribution in [0.2, 0.25) is 0 Å². The van der Waals surface area contributed by atoms with Gasteiger partial charge in [0.25, 0.3) is 0 Å². The van der Waals surface area contributed by atoms with Gasteiger partial charge in [-0.05, 0) is 19.1 Å². The van der Waals surface area contributed by atoms with Gasteiger partial charge in [0.05, 0.1) is 7.11 Å². The molecule has 0 bridgehead atoms. The molecule has 1 fully saturated rings. The van der Waals surface area contributed by atoms with E-state index in [0.717, 1.165) is 32.6 Å². The molecule has 0 saturated carbocycles. The molecule has 1 aliphatic heterocycles. The second-order valence-electron chi connectivity index (χ2n) is 4.00. The second kappa shape index (κ2) is 11.6. The van der Waals surface area contributed by atoms with Gasteiger partial charge in [0, 0.05) is 43.9 Å². The fourth-order valence-electron chi connectivity index (χ4n) is 2.13. The first-order valence-electron chi connectivity index (χ1n) is 7.70. The monoisotopic (exact) mass is 278 g/mol. The quantitative estimate of drug-likeness (QED) is 0.720. The van der Waals surface area contributed by atoms with Crippen molar-refractivity contribution in [2.75, 3.05) is 33.3 Å². The standard InChI is InChI=1S/C13H18N2O.2C2H6/c1-3-4-12-5-6-13(11-12)14-7-9-15(16-2)10-8-14;2*1-2/h5-6H,7-11H2,1-2H3;2*1-2H3.